The van der Waals surface area contributed by atoms with Crippen LogP contribution in [-0.2, 0) is 0 Å². The molecule has 0 atom stereocenters. The van der Waals surface area contributed by atoms with E-state index in [0.29, 0.717) is 17.5 Å². The third-order valence-corrected chi connectivity index (χ3v) is 11.4. The van der Waals surface area contributed by atoms with Crippen LogP contribution in [0.15, 0.2) is 193 Å². The Bertz CT molecular complexity index is 3510. The van der Waals surface area contributed by atoms with Gasteiger partial charge in [0.15, 0.2) is 28.6 Å². The fourth-order valence-corrected chi connectivity index (χ4v) is 8.78. The predicted octanol–water partition coefficient (Wildman–Crippen LogP) is 13.2. The summed E-state index contributed by atoms with van der Waals surface area (Å²) in [6, 6.07) is 61.3. The van der Waals surface area contributed by atoms with Crippen LogP contribution in [0.5, 0.6) is 0 Å². The summed E-state index contributed by atoms with van der Waals surface area (Å²) in [4.78, 5) is 19.6. The van der Waals surface area contributed by atoms with Gasteiger partial charge in [-0.05, 0) is 63.0 Å². The highest BCUT2D eigenvalue weighted by Crippen LogP contribution is 2.45. The maximum atomic E-state index is 6.86. The molecule has 0 N–H and O–H groups in total. The van der Waals surface area contributed by atoms with Gasteiger partial charge in [0.1, 0.15) is 0 Å². The Kier molecular flexibility index (Phi) is 7.13. The normalized spacial score (nSPS) is 11.8. The summed E-state index contributed by atoms with van der Waals surface area (Å²) in [5.74, 6) is 1.88. The average molecular weight is 742 g/mol. The molecule has 0 aliphatic rings. The van der Waals surface area contributed by atoms with Crippen LogP contribution in [0.1, 0.15) is 0 Å². The van der Waals surface area contributed by atoms with Gasteiger partial charge in [-0.25, -0.2) is 15.0 Å². The third kappa shape index (κ3) is 4.92. The van der Waals surface area contributed by atoms with E-state index in [9.17, 15) is 0 Å². The summed E-state index contributed by atoms with van der Waals surface area (Å²) in [6.07, 6.45) is 3.66. The standard InChI is InChI=1S/C52H31N5O/c1-3-14-33(15-4-1)50-54-51(34-16-5-2-6-17-34)56-52(55-50)40-25-24-38(36-19-9-10-20-37(36)40)39-26-28-45(49-48(39)42-29-30-53-31-46(42)58-49)57-43-22-12-11-21-41(43)47-35-18-8-7-13-32(35)23-27-44(47)57/h1-31H. The molecule has 58 heavy (non-hydrogen) atoms. The number of hydrogen-bond acceptors (Lipinski definition) is 5. The first-order valence-electron chi connectivity index (χ1n) is 19.4. The molecule has 0 aliphatic carbocycles. The van der Waals surface area contributed by atoms with Crippen molar-refractivity contribution < 1.29 is 4.42 Å². The Balaban J connectivity index is 1.11. The van der Waals surface area contributed by atoms with Crippen LogP contribution in [0.25, 0.3) is 116 Å². The van der Waals surface area contributed by atoms with Crippen molar-refractivity contribution in [3.63, 3.8) is 0 Å². The van der Waals surface area contributed by atoms with Crippen molar-refractivity contribution in [3.05, 3.63) is 188 Å². The van der Waals surface area contributed by atoms with Crippen molar-refractivity contribution >= 4 is 65.3 Å². The van der Waals surface area contributed by atoms with E-state index in [4.69, 9.17) is 19.4 Å². The molecule has 0 unspecified atom stereocenters. The first-order chi connectivity index (χ1) is 28.8. The van der Waals surface area contributed by atoms with Crippen molar-refractivity contribution in [1.29, 1.82) is 0 Å². The van der Waals surface area contributed by atoms with Crippen molar-refractivity contribution in [2.75, 3.05) is 0 Å². The molecule has 6 heteroatoms. The molecular formula is C52H31N5O. The molecule has 6 nitrogen and oxygen atoms in total. The van der Waals surface area contributed by atoms with E-state index >= 15 is 0 Å². The minimum absolute atomic E-state index is 0.620. The second-order valence-electron chi connectivity index (χ2n) is 14.6. The smallest absolute Gasteiger partial charge is 0.164 e. The van der Waals surface area contributed by atoms with Gasteiger partial charge < -0.3 is 8.98 Å². The molecule has 8 aromatic carbocycles. The number of pyridine rings is 1. The molecule has 4 aromatic heterocycles. The van der Waals surface area contributed by atoms with Gasteiger partial charge in [0.2, 0.25) is 0 Å². The quantitative estimate of drug-likeness (QED) is 0.176. The van der Waals surface area contributed by atoms with E-state index in [2.05, 4.69) is 125 Å². The lowest BCUT2D eigenvalue weighted by Crippen LogP contribution is -2.00. The number of aromatic nitrogens is 5. The number of benzene rings is 8. The minimum Gasteiger partial charge on any atom is -0.452 e. The van der Waals surface area contributed by atoms with E-state index in [1.807, 2.05) is 73.1 Å². The third-order valence-electron chi connectivity index (χ3n) is 11.4. The average Bonchev–Trinajstić information content (AvgIpc) is 3.86. The molecule has 270 valence electrons. The molecular weight excluding hydrogens is 711 g/mol. The van der Waals surface area contributed by atoms with E-state index in [0.717, 1.165) is 77.2 Å². The van der Waals surface area contributed by atoms with Crippen LogP contribution in [-0.4, -0.2) is 24.5 Å². The fraction of sp³-hybridized carbons (Fsp3) is 0. The molecule has 0 radical (unpaired) electrons. The number of fused-ring (bicyclic) bond motifs is 9. The Hall–Kier alpha value is -7.96. The van der Waals surface area contributed by atoms with Crippen LogP contribution in [0.3, 0.4) is 0 Å². The Morgan fingerprint density at radius 2 is 1.00 bits per heavy atom. The van der Waals surface area contributed by atoms with Gasteiger partial charge >= 0.3 is 0 Å². The summed E-state index contributed by atoms with van der Waals surface area (Å²) >= 11 is 0. The topological polar surface area (TPSA) is 69.6 Å². The summed E-state index contributed by atoms with van der Waals surface area (Å²) in [5.41, 5.74) is 9.74. The highest BCUT2D eigenvalue weighted by atomic mass is 16.3. The van der Waals surface area contributed by atoms with Gasteiger partial charge in [0.25, 0.3) is 0 Å². The fourth-order valence-electron chi connectivity index (χ4n) is 8.78. The van der Waals surface area contributed by atoms with Crippen LogP contribution in [0.2, 0.25) is 0 Å². The van der Waals surface area contributed by atoms with Gasteiger partial charge in [-0.2, -0.15) is 0 Å². The van der Waals surface area contributed by atoms with E-state index < -0.39 is 0 Å². The molecule has 0 saturated carbocycles. The van der Waals surface area contributed by atoms with Gasteiger partial charge in [-0.3, -0.25) is 4.98 Å². The zero-order chi connectivity index (χ0) is 38.2. The molecule has 0 spiro atoms. The molecule has 0 saturated heterocycles. The molecule has 4 heterocycles. The number of nitrogens with zero attached hydrogens (tertiary/aromatic N) is 5. The summed E-state index contributed by atoms with van der Waals surface area (Å²) in [7, 11) is 0. The summed E-state index contributed by atoms with van der Waals surface area (Å²) in [5, 5.41) is 9.07. The predicted molar refractivity (Wildman–Crippen MR) is 236 cm³/mol. The second kappa shape index (κ2) is 12.8. The van der Waals surface area contributed by atoms with Gasteiger partial charge in [0.05, 0.1) is 22.9 Å². The van der Waals surface area contributed by atoms with E-state index in [1.165, 1.54) is 21.5 Å². The Labute approximate surface area is 332 Å². The lowest BCUT2D eigenvalue weighted by Gasteiger charge is -2.15. The molecule has 0 bridgehead atoms. The van der Waals surface area contributed by atoms with Crippen molar-refractivity contribution in [1.82, 2.24) is 24.5 Å². The van der Waals surface area contributed by atoms with Crippen LogP contribution in [0.4, 0.5) is 0 Å². The number of para-hydroxylation sites is 1. The lowest BCUT2D eigenvalue weighted by molar-refractivity contribution is 0.664. The monoisotopic (exact) mass is 741 g/mol. The number of rotatable bonds is 5. The number of furan rings is 1. The molecule has 0 amide bonds. The van der Waals surface area contributed by atoms with E-state index in [1.54, 1.807) is 0 Å². The van der Waals surface area contributed by atoms with Crippen LogP contribution >= 0.6 is 0 Å². The largest absolute Gasteiger partial charge is 0.452 e. The maximum Gasteiger partial charge on any atom is 0.164 e. The summed E-state index contributed by atoms with van der Waals surface area (Å²) < 4.78 is 9.22. The van der Waals surface area contributed by atoms with Crippen LogP contribution < -0.4 is 0 Å². The van der Waals surface area contributed by atoms with Gasteiger partial charge in [0, 0.05) is 44.4 Å². The van der Waals surface area contributed by atoms with E-state index in [-0.39, 0.29) is 0 Å². The van der Waals surface area contributed by atoms with Gasteiger partial charge in [-0.1, -0.05) is 146 Å². The highest BCUT2D eigenvalue weighted by molar-refractivity contribution is 6.23. The maximum absolute atomic E-state index is 6.86. The van der Waals surface area contributed by atoms with Crippen molar-refractivity contribution in [2.24, 2.45) is 0 Å². The molecule has 0 fully saturated rings. The molecule has 12 rings (SSSR count). The zero-order valence-corrected chi connectivity index (χ0v) is 31.0. The summed E-state index contributed by atoms with van der Waals surface area (Å²) in [6.45, 7) is 0. The van der Waals surface area contributed by atoms with Crippen molar-refractivity contribution in [3.8, 4) is 51.0 Å². The first kappa shape index (κ1) is 32.3. The van der Waals surface area contributed by atoms with Crippen molar-refractivity contribution in [2.45, 2.75) is 0 Å². The molecule has 0 aliphatic heterocycles. The molecule has 12 aromatic rings. The highest BCUT2D eigenvalue weighted by Gasteiger charge is 2.23. The second-order valence-corrected chi connectivity index (χ2v) is 14.6. The zero-order valence-electron chi connectivity index (χ0n) is 31.0. The Morgan fingerprint density at radius 1 is 0.397 bits per heavy atom. The lowest BCUT2D eigenvalue weighted by atomic mass is 9.92. The SMILES string of the molecule is c1ccc(-c2nc(-c3ccccc3)nc(-c3ccc(-c4ccc(-n5c6ccccc6c6c7ccccc7ccc65)c5oc6cnccc6c45)c4ccccc34)n2)cc1. The number of hydrogen-bond donors (Lipinski definition) is 0. The Morgan fingerprint density at radius 3 is 1.76 bits per heavy atom. The first-order valence-corrected chi connectivity index (χ1v) is 19.4. The minimum atomic E-state index is 0.620. The van der Waals surface area contributed by atoms with Gasteiger partial charge in [-0.15, -0.1) is 0 Å². The van der Waals surface area contributed by atoms with Crippen LogP contribution in [0, 0.1) is 0 Å².